The van der Waals surface area contributed by atoms with Crippen LogP contribution in [-0.4, -0.2) is 32.5 Å². The smallest absolute Gasteiger partial charge is 0.233 e. The van der Waals surface area contributed by atoms with Crippen LogP contribution >= 0.6 is 35.0 Å². The quantitative estimate of drug-likeness (QED) is 0.488. The Morgan fingerprint density at radius 3 is 2.69 bits per heavy atom. The van der Waals surface area contributed by atoms with Crippen molar-refractivity contribution in [2.45, 2.75) is 36.4 Å². The van der Waals surface area contributed by atoms with Crippen LogP contribution in [0.3, 0.4) is 0 Å². The first-order valence-corrected chi connectivity index (χ1v) is 11.7. The van der Waals surface area contributed by atoms with Crippen LogP contribution in [-0.2, 0) is 11.8 Å². The number of amides is 1. The molecule has 7 nitrogen and oxygen atoms in total. The number of halogens is 2. The van der Waals surface area contributed by atoms with Gasteiger partial charge < -0.3 is 19.4 Å². The van der Waals surface area contributed by atoms with E-state index in [1.165, 1.54) is 11.8 Å². The first kappa shape index (κ1) is 22.8. The lowest BCUT2D eigenvalue weighted by atomic mass is 10.1. The van der Waals surface area contributed by atoms with E-state index in [2.05, 4.69) is 15.5 Å². The normalized spacial score (nSPS) is 17.0. The number of thioether (sulfide) groups is 1. The van der Waals surface area contributed by atoms with E-state index in [1.807, 2.05) is 55.8 Å². The van der Waals surface area contributed by atoms with E-state index in [4.69, 9.17) is 32.7 Å². The Hall–Kier alpha value is -2.42. The number of ether oxygens (including phenoxy) is 2. The summed E-state index contributed by atoms with van der Waals surface area (Å²) in [6.07, 6.45) is -0.382. The van der Waals surface area contributed by atoms with Gasteiger partial charge in [-0.2, -0.15) is 0 Å². The van der Waals surface area contributed by atoms with Gasteiger partial charge in [-0.15, -0.1) is 10.2 Å². The van der Waals surface area contributed by atoms with Gasteiger partial charge in [0.05, 0.1) is 11.3 Å². The van der Waals surface area contributed by atoms with E-state index in [0.717, 1.165) is 5.56 Å². The summed E-state index contributed by atoms with van der Waals surface area (Å²) >= 11 is 13.5. The zero-order valence-corrected chi connectivity index (χ0v) is 20.0. The number of hydrogen-bond donors (Lipinski definition) is 1. The highest BCUT2D eigenvalue weighted by Crippen LogP contribution is 2.36. The Labute approximate surface area is 200 Å². The molecule has 0 bridgehead atoms. The maximum atomic E-state index is 12.8. The topological polar surface area (TPSA) is 78.3 Å². The van der Waals surface area contributed by atoms with E-state index in [1.54, 1.807) is 12.1 Å². The Bertz CT molecular complexity index is 1140. The number of aromatic nitrogens is 3. The molecular formula is C22H22Cl2N4O3S. The van der Waals surface area contributed by atoms with Crippen LogP contribution in [0.25, 0.3) is 0 Å². The SMILES string of the molecule is CC(Sc1nnc(C2COc3ccccc3O2)n1C)C(=O)NC(C)c1ccc(Cl)cc1Cl. The number of carbonyl (C=O) groups excluding carboxylic acids is 1. The van der Waals surface area contributed by atoms with Gasteiger partial charge in [0.2, 0.25) is 5.91 Å². The van der Waals surface area contributed by atoms with Crippen LogP contribution < -0.4 is 14.8 Å². The number of fused-ring (bicyclic) bond motifs is 1. The van der Waals surface area contributed by atoms with Gasteiger partial charge in [-0.05, 0) is 43.7 Å². The van der Waals surface area contributed by atoms with Crippen LogP contribution in [0.15, 0.2) is 47.6 Å². The maximum Gasteiger partial charge on any atom is 0.233 e. The second kappa shape index (κ2) is 9.60. The third-order valence-corrected chi connectivity index (χ3v) is 6.80. The lowest BCUT2D eigenvalue weighted by Crippen LogP contribution is -2.33. The molecule has 1 aromatic heterocycles. The Kier molecular flexibility index (Phi) is 6.83. The molecule has 0 radical (unpaired) electrons. The van der Waals surface area contributed by atoms with Gasteiger partial charge in [-0.3, -0.25) is 4.79 Å². The Morgan fingerprint density at radius 2 is 1.94 bits per heavy atom. The average molecular weight is 493 g/mol. The number of hydrogen-bond acceptors (Lipinski definition) is 6. The zero-order chi connectivity index (χ0) is 22.8. The highest BCUT2D eigenvalue weighted by molar-refractivity contribution is 8.00. The van der Waals surface area contributed by atoms with Crippen LogP contribution in [0.4, 0.5) is 0 Å². The highest BCUT2D eigenvalue weighted by atomic mass is 35.5. The number of para-hydroxylation sites is 2. The molecule has 1 amide bonds. The van der Waals surface area contributed by atoms with Crippen LogP contribution in [0.5, 0.6) is 11.5 Å². The lowest BCUT2D eigenvalue weighted by Gasteiger charge is -2.25. The Morgan fingerprint density at radius 1 is 1.19 bits per heavy atom. The maximum absolute atomic E-state index is 12.8. The van der Waals surface area contributed by atoms with Gasteiger partial charge >= 0.3 is 0 Å². The summed E-state index contributed by atoms with van der Waals surface area (Å²) in [5.74, 6) is 1.88. The number of nitrogens with zero attached hydrogens (tertiary/aromatic N) is 3. The van der Waals surface area contributed by atoms with Crippen LogP contribution in [0.2, 0.25) is 10.0 Å². The van der Waals surface area contributed by atoms with Crippen LogP contribution in [0, 0.1) is 0 Å². The third-order valence-electron chi connectivity index (χ3n) is 5.10. The monoisotopic (exact) mass is 492 g/mol. The first-order valence-electron chi connectivity index (χ1n) is 10.0. The number of nitrogens with one attached hydrogen (secondary N) is 1. The molecule has 0 saturated carbocycles. The molecule has 4 rings (SSSR count). The number of rotatable bonds is 6. The van der Waals surface area contributed by atoms with E-state index in [0.29, 0.717) is 39.1 Å². The third kappa shape index (κ3) is 4.82. The van der Waals surface area contributed by atoms with Crippen molar-refractivity contribution in [3.63, 3.8) is 0 Å². The summed E-state index contributed by atoms with van der Waals surface area (Å²) in [7, 11) is 1.85. The molecule has 0 aliphatic carbocycles. The standard InChI is InChI=1S/C22H22Cl2N4O3S/c1-12(15-9-8-14(23)10-16(15)24)25-21(29)13(2)32-22-27-26-20(28(22)3)19-11-30-17-6-4-5-7-18(17)31-19/h4-10,12-13,19H,11H2,1-3H3,(H,25,29). The van der Waals surface area contributed by atoms with E-state index in [-0.39, 0.29) is 18.1 Å². The molecule has 3 unspecified atom stereocenters. The molecule has 0 saturated heterocycles. The average Bonchev–Trinajstić information content (AvgIpc) is 3.13. The van der Waals surface area contributed by atoms with E-state index < -0.39 is 5.25 Å². The molecule has 0 fully saturated rings. The second-order valence-electron chi connectivity index (χ2n) is 7.42. The molecule has 2 aromatic carbocycles. The van der Waals surface area contributed by atoms with Gasteiger partial charge in [0, 0.05) is 17.1 Å². The molecular weight excluding hydrogens is 471 g/mol. The fourth-order valence-corrected chi connectivity index (χ4v) is 4.73. The van der Waals surface area contributed by atoms with Gasteiger partial charge in [-0.25, -0.2) is 0 Å². The van der Waals surface area contributed by atoms with Crippen molar-refractivity contribution in [1.82, 2.24) is 20.1 Å². The van der Waals surface area contributed by atoms with Gasteiger partial charge in [0.25, 0.3) is 0 Å². The highest BCUT2D eigenvalue weighted by Gasteiger charge is 2.28. The fourth-order valence-electron chi connectivity index (χ4n) is 3.33. The summed E-state index contributed by atoms with van der Waals surface area (Å²) in [6.45, 7) is 4.03. The minimum absolute atomic E-state index is 0.135. The summed E-state index contributed by atoms with van der Waals surface area (Å²) in [4.78, 5) is 12.8. The molecule has 3 atom stereocenters. The molecule has 1 N–H and O–H groups in total. The van der Waals surface area contributed by atoms with Gasteiger partial charge in [0.1, 0.15) is 6.61 Å². The molecule has 168 valence electrons. The van der Waals surface area contributed by atoms with Crippen molar-refractivity contribution >= 4 is 40.9 Å². The number of carbonyl (C=O) groups is 1. The molecule has 32 heavy (non-hydrogen) atoms. The molecule has 2 heterocycles. The molecule has 0 spiro atoms. The van der Waals surface area contributed by atoms with Crippen molar-refractivity contribution in [2.24, 2.45) is 7.05 Å². The van der Waals surface area contributed by atoms with Crippen LogP contribution in [0.1, 0.15) is 37.4 Å². The van der Waals surface area contributed by atoms with Gasteiger partial charge in [0.15, 0.2) is 28.6 Å². The van der Waals surface area contributed by atoms with E-state index in [9.17, 15) is 4.79 Å². The minimum Gasteiger partial charge on any atom is -0.485 e. The van der Waals surface area contributed by atoms with Crippen molar-refractivity contribution in [3.8, 4) is 11.5 Å². The summed E-state index contributed by atoms with van der Waals surface area (Å²) in [6, 6.07) is 12.5. The number of benzene rings is 2. The predicted octanol–water partition coefficient (Wildman–Crippen LogP) is 4.99. The summed E-state index contributed by atoms with van der Waals surface area (Å²) in [5.41, 5.74) is 0.803. The fraction of sp³-hybridized carbons (Fsp3) is 0.318. The predicted molar refractivity (Wildman–Crippen MR) is 125 cm³/mol. The first-order chi connectivity index (χ1) is 15.3. The summed E-state index contributed by atoms with van der Waals surface area (Å²) < 4.78 is 13.6. The Balaban J connectivity index is 1.40. The molecule has 3 aromatic rings. The largest absolute Gasteiger partial charge is 0.485 e. The molecule has 1 aliphatic rings. The molecule has 1 aliphatic heterocycles. The van der Waals surface area contributed by atoms with Gasteiger partial charge in [-0.1, -0.05) is 53.2 Å². The summed E-state index contributed by atoms with van der Waals surface area (Å²) in [5, 5.41) is 12.8. The minimum atomic E-state index is -0.400. The lowest BCUT2D eigenvalue weighted by molar-refractivity contribution is -0.120. The molecule has 10 heteroatoms. The van der Waals surface area contributed by atoms with Crippen molar-refractivity contribution in [2.75, 3.05) is 6.61 Å². The van der Waals surface area contributed by atoms with Crippen molar-refractivity contribution < 1.29 is 14.3 Å². The second-order valence-corrected chi connectivity index (χ2v) is 9.57. The van der Waals surface area contributed by atoms with E-state index >= 15 is 0 Å². The van der Waals surface area contributed by atoms with Crippen molar-refractivity contribution in [3.05, 3.63) is 63.9 Å². The zero-order valence-electron chi connectivity index (χ0n) is 17.7. The van der Waals surface area contributed by atoms with Crippen molar-refractivity contribution in [1.29, 1.82) is 0 Å².